The maximum absolute atomic E-state index is 13.1. The molecule has 1 aromatic carbocycles. The van der Waals surface area contributed by atoms with Crippen LogP contribution in [-0.2, 0) is 6.18 Å². The predicted octanol–water partition coefficient (Wildman–Crippen LogP) is 3.57. The lowest BCUT2D eigenvalue weighted by Gasteiger charge is -2.22. The molecule has 0 saturated carbocycles. The van der Waals surface area contributed by atoms with Crippen LogP contribution in [0, 0.1) is 0 Å². The number of benzene rings is 1. The second-order valence-electron chi connectivity index (χ2n) is 5.03. The number of aromatic nitrogens is 2. The van der Waals surface area contributed by atoms with Crippen molar-refractivity contribution in [2.75, 3.05) is 6.54 Å². The molecule has 0 bridgehead atoms. The van der Waals surface area contributed by atoms with E-state index >= 15 is 0 Å². The molecule has 0 radical (unpaired) electrons. The van der Waals surface area contributed by atoms with Gasteiger partial charge in [-0.1, -0.05) is 24.6 Å². The van der Waals surface area contributed by atoms with E-state index in [2.05, 4.69) is 15.7 Å². The van der Waals surface area contributed by atoms with Gasteiger partial charge in [0.1, 0.15) is 5.69 Å². The second-order valence-corrected chi connectivity index (χ2v) is 5.03. The SMILES string of the molecule is FC(F)(F)c1ccccc1-c1onnc1C1CCCCN1. The van der Waals surface area contributed by atoms with Crippen LogP contribution in [0.1, 0.15) is 36.6 Å². The van der Waals surface area contributed by atoms with Gasteiger partial charge in [-0.05, 0) is 25.5 Å². The van der Waals surface area contributed by atoms with Crippen molar-refractivity contribution in [2.24, 2.45) is 0 Å². The largest absolute Gasteiger partial charge is 0.417 e. The maximum atomic E-state index is 13.1. The molecule has 0 amide bonds. The minimum atomic E-state index is -4.44. The zero-order chi connectivity index (χ0) is 14.9. The molecule has 1 aliphatic heterocycles. The highest BCUT2D eigenvalue weighted by Crippen LogP contribution is 2.39. The van der Waals surface area contributed by atoms with Gasteiger partial charge in [-0.2, -0.15) is 13.2 Å². The molecular weight excluding hydrogens is 283 g/mol. The monoisotopic (exact) mass is 297 g/mol. The second kappa shape index (κ2) is 5.48. The molecule has 3 rings (SSSR count). The molecule has 1 aromatic heterocycles. The Morgan fingerprint density at radius 2 is 2.00 bits per heavy atom. The van der Waals surface area contributed by atoms with Crippen LogP contribution in [0.5, 0.6) is 0 Å². The average Bonchev–Trinajstić information content (AvgIpc) is 2.96. The summed E-state index contributed by atoms with van der Waals surface area (Å²) in [6, 6.07) is 5.22. The highest BCUT2D eigenvalue weighted by molar-refractivity contribution is 5.65. The Morgan fingerprint density at radius 3 is 2.71 bits per heavy atom. The number of nitrogens with zero attached hydrogens (tertiary/aromatic N) is 2. The van der Waals surface area contributed by atoms with Crippen LogP contribution in [0.3, 0.4) is 0 Å². The first-order chi connectivity index (χ1) is 10.1. The van der Waals surface area contributed by atoms with E-state index in [9.17, 15) is 13.2 Å². The van der Waals surface area contributed by atoms with E-state index in [1.54, 1.807) is 6.07 Å². The van der Waals surface area contributed by atoms with Crippen LogP contribution < -0.4 is 5.32 Å². The molecule has 0 aliphatic carbocycles. The number of hydrogen-bond donors (Lipinski definition) is 1. The highest BCUT2D eigenvalue weighted by Gasteiger charge is 2.36. The fourth-order valence-electron chi connectivity index (χ4n) is 2.63. The summed E-state index contributed by atoms with van der Waals surface area (Å²) in [7, 11) is 0. The number of hydrogen-bond acceptors (Lipinski definition) is 4. The van der Waals surface area contributed by atoms with Gasteiger partial charge >= 0.3 is 6.18 Å². The predicted molar refractivity (Wildman–Crippen MR) is 69.3 cm³/mol. The van der Waals surface area contributed by atoms with Crippen LogP contribution in [0.2, 0.25) is 0 Å². The fraction of sp³-hybridized carbons (Fsp3) is 0.429. The fourth-order valence-corrected chi connectivity index (χ4v) is 2.63. The van der Waals surface area contributed by atoms with Crippen molar-refractivity contribution in [3.8, 4) is 11.3 Å². The zero-order valence-corrected chi connectivity index (χ0v) is 11.2. The van der Waals surface area contributed by atoms with E-state index in [4.69, 9.17) is 4.52 Å². The summed E-state index contributed by atoms with van der Waals surface area (Å²) in [6.07, 6.45) is -1.57. The lowest BCUT2D eigenvalue weighted by Crippen LogP contribution is -2.27. The first-order valence-corrected chi connectivity index (χ1v) is 6.79. The third-order valence-electron chi connectivity index (χ3n) is 3.63. The summed E-state index contributed by atoms with van der Waals surface area (Å²) in [5.74, 6) is 0.0994. The lowest BCUT2D eigenvalue weighted by atomic mass is 9.97. The van der Waals surface area contributed by atoms with Gasteiger partial charge in [-0.15, -0.1) is 5.10 Å². The van der Waals surface area contributed by atoms with Crippen molar-refractivity contribution < 1.29 is 17.7 Å². The Labute approximate surface area is 119 Å². The molecule has 1 N–H and O–H groups in total. The minimum Gasteiger partial charge on any atom is -0.337 e. The topological polar surface area (TPSA) is 51.0 Å². The molecule has 1 saturated heterocycles. The molecule has 2 aromatic rings. The van der Waals surface area contributed by atoms with E-state index in [0.717, 1.165) is 31.9 Å². The van der Waals surface area contributed by atoms with Gasteiger partial charge in [-0.25, -0.2) is 0 Å². The van der Waals surface area contributed by atoms with E-state index < -0.39 is 11.7 Å². The molecule has 7 heteroatoms. The van der Waals surface area contributed by atoms with Gasteiger partial charge in [0.15, 0.2) is 5.76 Å². The van der Waals surface area contributed by atoms with Crippen molar-refractivity contribution in [1.82, 2.24) is 15.7 Å². The van der Waals surface area contributed by atoms with E-state index in [1.165, 1.54) is 12.1 Å². The minimum absolute atomic E-state index is 0.0163. The quantitative estimate of drug-likeness (QED) is 0.920. The van der Waals surface area contributed by atoms with Crippen LogP contribution in [0.25, 0.3) is 11.3 Å². The van der Waals surface area contributed by atoms with Crippen molar-refractivity contribution >= 4 is 0 Å². The van der Waals surface area contributed by atoms with E-state index in [1.807, 2.05) is 0 Å². The Bertz CT molecular complexity index is 618. The van der Waals surface area contributed by atoms with Gasteiger partial charge < -0.3 is 9.84 Å². The number of halogens is 3. The van der Waals surface area contributed by atoms with Crippen LogP contribution >= 0.6 is 0 Å². The van der Waals surface area contributed by atoms with Crippen molar-refractivity contribution in [1.29, 1.82) is 0 Å². The molecule has 0 spiro atoms. The molecule has 21 heavy (non-hydrogen) atoms. The van der Waals surface area contributed by atoms with E-state index in [0.29, 0.717) is 5.69 Å². The molecular formula is C14H14F3N3O. The molecule has 1 fully saturated rings. The van der Waals surface area contributed by atoms with Crippen molar-refractivity contribution in [2.45, 2.75) is 31.5 Å². The smallest absolute Gasteiger partial charge is 0.337 e. The molecule has 1 unspecified atom stereocenters. The Kier molecular flexibility index (Phi) is 3.67. The third kappa shape index (κ3) is 2.78. The normalized spacial score (nSPS) is 19.7. The van der Waals surface area contributed by atoms with Gasteiger partial charge in [0.05, 0.1) is 11.6 Å². The van der Waals surface area contributed by atoms with Gasteiger partial charge in [-0.3, -0.25) is 0 Å². The van der Waals surface area contributed by atoms with Gasteiger partial charge in [0, 0.05) is 10.8 Å². The first kappa shape index (κ1) is 14.1. The molecule has 4 nitrogen and oxygen atoms in total. The molecule has 2 heterocycles. The Balaban J connectivity index is 2.04. The van der Waals surface area contributed by atoms with Crippen molar-refractivity contribution in [3.63, 3.8) is 0 Å². The summed E-state index contributed by atoms with van der Waals surface area (Å²) in [6.45, 7) is 0.817. The standard InChI is InChI=1S/C14H14F3N3O/c15-14(16,17)10-6-2-1-5-9(10)13-12(19-20-21-13)11-7-3-4-8-18-11/h1-2,5-6,11,18H,3-4,7-8H2. The Morgan fingerprint density at radius 1 is 1.19 bits per heavy atom. The summed E-state index contributed by atoms with van der Waals surface area (Å²) in [5, 5.41) is 10.6. The van der Waals surface area contributed by atoms with Crippen molar-refractivity contribution in [3.05, 3.63) is 35.5 Å². The molecule has 1 atom stereocenters. The number of piperidine rings is 1. The average molecular weight is 297 g/mol. The maximum Gasteiger partial charge on any atom is 0.417 e. The van der Waals surface area contributed by atoms with E-state index in [-0.39, 0.29) is 17.4 Å². The Hall–Kier alpha value is -1.89. The van der Waals surface area contributed by atoms with Crippen LogP contribution in [0.15, 0.2) is 28.8 Å². The number of nitrogens with one attached hydrogen (secondary N) is 1. The summed E-state index contributed by atoms with van der Waals surface area (Å²) >= 11 is 0. The first-order valence-electron chi connectivity index (χ1n) is 6.79. The summed E-state index contributed by atoms with van der Waals surface area (Å²) < 4.78 is 44.4. The number of rotatable bonds is 2. The third-order valence-corrected chi connectivity index (χ3v) is 3.63. The van der Waals surface area contributed by atoms with Crippen LogP contribution in [0.4, 0.5) is 13.2 Å². The summed E-state index contributed by atoms with van der Waals surface area (Å²) in [4.78, 5) is 0. The molecule has 112 valence electrons. The summed E-state index contributed by atoms with van der Waals surface area (Å²) in [5.41, 5.74) is -0.301. The number of alkyl halides is 3. The zero-order valence-electron chi connectivity index (χ0n) is 11.2. The van der Waals surface area contributed by atoms with Gasteiger partial charge in [0.25, 0.3) is 0 Å². The van der Waals surface area contributed by atoms with Gasteiger partial charge in [0.2, 0.25) is 0 Å². The molecule has 1 aliphatic rings. The highest BCUT2D eigenvalue weighted by atomic mass is 19.4. The lowest BCUT2D eigenvalue weighted by molar-refractivity contribution is -0.137. The van der Waals surface area contributed by atoms with Crippen LogP contribution in [-0.4, -0.2) is 16.9 Å².